The van der Waals surface area contributed by atoms with Gasteiger partial charge >= 0.3 is 0 Å². The minimum Gasteiger partial charge on any atom is -0.385 e. The van der Waals surface area contributed by atoms with Gasteiger partial charge in [0.05, 0.1) is 5.02 Å². The van der Waals surface area contributed by atoms with Crippen molar-refractivity contribution >= 4 is 17.4 Å². The van der Waals surface area contributed by atoms with Crippen LogP contribution in [0.1, 0.15) is 6.42 Å². The van der Waals surface area contributed by atoms with E-state index in [1.807, 2.05) is 0 Å². The van der Waals surface area contributed by atoms with Crippen molar-refractivity contribution in [1.82, 2.24) is 4.98 Å². The molecule has 1 aromatic rings. The van der Waals surface area contributed by atoms with Crippen molar-refractivity contribution in [3.8, 4) is 0 Å². The summed E-state index contributed by atoms with van der Waals surface area (Å²) in [6, 6.07) is 1.23. The van der Waals surface area contributed by atoms with Crippen molar-refractivity contribution in [3.05, 3.63) is 23.1 Å². The second kappa shape index (κ2) is 5.78. The van der Waals surface area contributed by atoms with Gasteiger partial charge in [-0.3, -0.25) is 0 Å². The number of pyridine rings is 1. The van der Waals surface area contributed by atoms with E-state index in [0.29, 0.717) is 18.2 Å². The molecule has 0 unspecified atom stereocenters. The molecule has 78 valence electrons. The zero-order valence-electron chi connectivity index (χ0n) is 7.89. The van der Waals surface area contributed by atoms with Crippen LogP contribution >= 0.6 is 11.6 Å². The van der Waals surface area contributed by atoms with Crippen LogP contribution in [0.5, 0.6) is 0 Å². The average molecular weight is 219 g/mol. The maximum atomic E-state index is 13.1. The van der Waals surface area contributed by atoms with Crippen LogP contribution in [-0.2, 0) is 4.74 Å². The van der Waals surface area contributed by atoms with Crippen LogP contribution in [0.4, 0.5) is 10.2 Å². The van der Waals surface area contributed by atoms with Gasteiger partial charge in [-0.05, 0) is 12.5 Å². The molecule has 0 atom stereocenters. The van der Waals surface area contributed by atoms with E-state index >= 15 is 0 Å². The Hall–Kier alpha value is -0.870. The fourth-order valence-corrected chi connectivity index (χ4v) is 1.11. The Labute approximate surface area is 87.2 Å². The zero-order chi connectivity index (χ0) is 10.4. The van der Waals surface area contributed by atoms with Gasteiger partial charge in [-0.1, -0.05) is 11.6 Å². The van der Waals surface area contributed by atoms with Gasteiger partial charge in [0.15, 0.2) is 11.6 Å². The number of methoxy groups -OCH3 is 1. The molecule has 1 aromatic heterocycles. The third-order valence-electron chi connectivity index (χ3n) is 1.63. The highest BCUT2D eigenvalue weighted by atomic mass is 35.5. The Morgan fingerprint density at radius 2 is 2.43 bits per heavy atom. The lowest BCUT2D eigenvalue weighted by Gasteiger charge is -2.05. The van der Waals surface area contributed by atoms with Gasteiger partial charge in [-0.2, -0.15) is 0 Å². The standard InChI is InChI=1S/C9H12ClFN2O/c1-14-4-2-3-12-9-8(11)5-7(10)6-13-9/h5-6H,2-4H2,1H3,(H,12,13). The Bertz CT molecular complexity index is 296. The summed E-state index contributed by atoms with van der Waals surface area (Å²) >= 11 is 5.55. The van der Waals surface area contributed by atoms with E-state index in [4.69, 9.17) is 16.3 Å². The molecule has 0 aliphatic heterocycles. The van der Waals surface area contributed by atoms with E-state index in [9.17, 15) is 4.39 Å². The molecule has 0 saturated carbocycles. The number of nitrogens with one attached hydrogen (secondary N) is 1. The molecular weight excluding hydrogens is 207 g/mol. The van der Waals surface area contributed by atoms with E-state index in [-0.39, 0.29) is 5.82 Å². The molecule has 1 N–H and O–H groups in total. The van der Waals surface area contributed by atoms with E-state index in [2.05, 4.69) is 10.3 Å². The van der Waals surface area contributed by atoms with Crippen LogP contribution in [0.2, 0.25) is 5.02 Å². The maximum absolute atomic E-state index is 13.1. The molecular formula is C9H12ClFN2O. The van der Waals surface area contributed by atoms with Crippen molar-refractivity contribution in [1.29, 1.82) is 0 Å². The van der Waals surface area contributed by atoms with E-state index in [0.717, 1.165) is 6.42 Å². The molecule has 1 heterocycles. The summed E-state index contributed by atoms with van der Waals surface area (Å²) in [5.41, 5.74) is 0. The highest BCUT2D eigenvalue weighted by Crippen LogP contribution is 2.15. The lowest BCUT2D eigenvalue weighted by atomic mass is 10.4. The van der Waals surface area contributed by atoms with Gasteiger partial charge in [0, 0.05) is 26.5 Å². The molecule has 0 spiro atoms. The average Bonchev–Trinajstić information content (AvgIpc) is 2.15. The number of anilines is 1. The number of aromatic nitrogens is 1. The third kappa shape index (κ3) is 3.47. The van der Waals surface area contributed by atoms with Crippen molar-refractivity contribution in [2.24, 2.45) is 0 Å². The Balaban J connectivity index is 2.42. The summed E-state index contributed by atoms with van der Waals surface area (Å²) < 4.78 is 18.0. The smallest absolute Gasteiger partial charge is 0.166 e. The monoisotopic (exact) mass is 218 g/mol. The fraction of sp³-hybridized carbons (Fsp3) is 0.444. The molecule has 0 aliphatic carbocycles. The molecule has 0 aromatic carbocycles. The molecule has 0 aliphatic rings. The van der Waals surface area contributed by atoms with Crippen LogP contribution in [0.25, 0.3) is 0 Å². The molecule has 0 radical (unpaired) electrons. The quantitative estimate of drug-likeness (QED) is 0.771. The number of ether oxygens (including phenoxy) is 1. The fourth-order valence-electron chi connectivity index (χ4n) is 0.968. The number of hydrogen-bond acceptors (Lipinski definition) is 3. The van der Waals surface area contributed by atoms with Crippen LogP contribution < -0.4 is 5.32 Å². The van der Waals surface area contributed by atoms with Crippen LogP contribution in [0, 0.1) is 5.82 Å². The van der Waals surface area contributed by atoms with Crippen LogP contribution in [0.15, 0.2) is 12.3 Å². The zero-order valence-corrected chi connectivity index (χ0v) is 8.64. The Kier molecular flexibility index (Phi) is 4.62. The highest BCUT2D eigenvalue weighted by molar-refractivity contribution is 6.30. The number of nitrogens with zero attached hydrogens (tertiary/aromatic N) is 1. The van der Waals surface area contributed by atoms with E-state index in [1.54, 1.807) is 7.11 Å². The Morgan fingerprint density at radius 3 is 3.07 bits per heavy atom. The van der Waals surface area contributed by atoms with Gasteiger partial charge in [0.25, 0.3) is 0 Å². The minimum atomic E-state index is -0.435. The predicted molar refractivity (Wildman–Crippen MR) is 54.2 cm³/mol. The molecule has 0 saturated heterocycles. The number of hydrogen-bond donors (Lipinski definition) is 1. The molecule has 0 fully saturated rings. The predicted octanol–water partition coefficient (Wildman–Crippen LogP) is 2.32. The van der Waals surface area contributed by atoms with Gasteiger partial charge in [0.2, 0.25) is 0 Å². The normalized spacial score (nSPS) is 10.2. The topological polar surface area (TPSA) is 34.1 Å². The minimum absolute atomic E-state index is 0.227. The first-order valence-electron chi connectivity index (χ1n) is 4.28. The van der Waals surface area contributed by atoms with Crippen molar-refractivity contribution in [2.75, 3.05) is 25.6 Å². The van der Waals surface area contributed by atoms with Crippen LogP contribution in [-0.4, -0.2) is 25.2 Å². The second-order valence-corrected chi connectivity index (χ2v) is 3.19. The summed E-state index contributed by atoms with van der Waals surface area (Å²) in [6.45, 7) is 1.27. The van der Waals surface area contributed by atoms with Gasteiger partial charge in [-0.15, -0.1) is 0 Å². The number of rotatable bonds is 5. The van der Waals surface area contributed by atoms with Gasteiger partial charge < -0.3 is 10.1 Å². The summed E-state index contributed by atoms with van der Waals surface area (Å²) in [5, 5.41) is 3.15. The molecule has 14 heavy (non-hydrogen) atoms. The van der Waals surface area contributed by atoms with Gasteiger partial charge in [0.1, 0.15) is 0 Å². The van der Waals surface area contributed by atoms with E-state index < -0.39 is 5.82 Å². The summed E-state index contributed by atoms with van der Waals surface area (Å²) in [4.78, 5) is 3.82. The molecule has 3 nitrogen and oxygen atoms in total. The molecule has 0 bridgehead atoms. The summed E-state index contributed by atoms with van der Waals surface area (Å²) in [7, 11) is 1.63. The first kappa shape index (κ1) is 11.2. The van der Waals surface area contributed by atoms with E-state index in [1.165, 1.54) is 12.3 Å². The molecule has 5 heteroatoms. The molecule has 1 rings (SSSR count). The first-order chi connectivity index (χ1) is 6.74. The Morgan fingerprint density at radius 1 is 1.64 bits per heavy atom. The summed E-state index contributed by atoms with van der Waals surface area (Å²) in [5.74, 6) is -0.208. The first-order valence-corrected chi connectivity index (χ1v) is 4.65. The SMILES string of the molecule is COCCCNc1ncc(Cl)cc1F. The summed E-state index contributed by atoms with van der Waals surface area (Å²) in [6.07, 6.45) is 2.21. The maximum Gasteiger partial charge on any atom is 0.166 e. The lowest BCUT2D eigenvalue weighted by molar-refractivity contribution is 0.197. The van der Waals surface area contributed by atoms with Crippen molar-refractivity contribution in [2.45, 2.75) is 6.42 Å². The van der Waals surface area contributed by atoms with Gasteiger partial charge in [-0.25, -0.2) is 9.37 Å². The highest BCUT2D eigenvalue weighted by Gasteiger charge is 2.02. The molecule has 0 amide bonds. The van der Waals surface area contributed by atoms with Crippen molar-refractivity contribution in [3.63, 3.8) is 0 Å². The largest absolute Gasteiger partial charge is 0.385 e. The third-order valence-corrected chi connectivity index (χ3v) is 1.83. The van der Waals surface area contributed by atoms with Crippen molar-refractivity contribution < 1.29 is 9.13 Å². The number of halogens is 2. The van der Waals surface area contributed by atoms with Crippen LogP contribution in [0.3, 0.4) is 0 Å². The second-order valence-electron chi connectivity index (χ2n) is 2.76. The lowest BCUT2D eigenvalue weighted by Crippen LogP contribution is -2.07.